The number of fused-ring (bicyclic) bond motifs is 1. The topological polar surface area (TPSA) is 55.8 Å². The first kappa shape index (κ1) is 16.1. The number of hydrogen-bond donors (Lipinski definition) is 0. The normalized spacial score (nSPS) is 18.1. The summed E-state index contributed by atoms with van der Waals surface area (Å²) in [7, 11) is 0. The highest BCUT2D eigenvalue weighted by Crippen LogP contribution is 2.37. The number of amides is 2. The quantitative estimate of drug-likeness (QED) is 0.732. The number of halogens is 1. The predicted octanol–water partition coefficient (Wildman–Crippen LogP) is 4.35. The maximum atomic E-state index is 12.6. The summed E-state index contributed by atoms with van der Waals surface area (Å²) in [5.74, 6) is 0.941. The van der Waals surface area contributed by atoms with Gasteiger partial charge >= 0.3 is 0 Å². The monoisotopic (exact) mass is 373 g/mol. The molecule has 2 amide bonds. The van der Waals surface area contributed by atoms with Gasteiger partial charge in [0.15, 0.2) is 11.5 Å². The number of carbonyl (C=O) groups is 2. The van der Waals surface area contributed by atoms with Crippen molar-refractivity contribution < 1.29 is 19.1 Å². The molecule has 0 aliphatic carbocycles. The van der Waals surface area contributed by atoms with Crippen molar-refractivity contribution in [2.24, 2.45) is 0 Å². The summed E-state index contributed by atoms with van der Waals surface area (Å²) in [6.45, 7) is 1.01. The van der Waals surface area contributed by atoms with Crippen LogP contribution in [-0.2, 0) is 4.79 Å². The van der Waals surface area contributed by atoms with E-state index in [2.05, 4.69) is 0 Å². The molecule has 0 saturated carbocycles. The van der Waals surface area contributed by atoms with Crippen LogP contribution in [0.5, 0.6) is 11.5 Å². The third-order valence-corrected chi connectivity index (χ3v) is 4.83. The van der Waals surface area contributed by atoms with Gasteiger partial charge in [-0.05, 0) is 53.7 Å². The lowest BCUT2D eigenvalue weighted by Gasteiger charge is -2.18. The van der Waals surface area contributed by atoms with Crippen molar-refractivity contribution in [3.05, 3.63) is 58.0 Å². The highest BCUT2D eigenvalue weighted by Gasteiger charge is 2.36. The molecule has 1 fully saturated rings. The molecule has 2 heterocycles. The Morgan fingerprint density at radius 3 is 2.64 bits per heavy atom. The summed E-state index contributed by atoms with van der Waals surface area (Å²) < 4.78 is 11.0. The van der Waals surface area contributed by atoms with E-state index in [1.165, 1.54) is 0 Å². The molecule has 4 rings (SSSR count). The molecule has 5 nitrogen and oxygen atoms in total. The van der Waals surface area contributed by atoms with Gasteiger partial charge in [0.1, 0.15) is 13.2 Å². The Kier molecular flexibility index (Phi) is 4.15. The van der Waals surface area contributed by atoms with E-state index in [0.29, 0.717) is 40.3 Å². The third kappa shape index (κ3) is 3.10. The van der Waals surface area contributed by atoms with E-state index in [0.717, 1.165) is 22.2 Å². The van der Waals surface area contributed by atoms with Gasteiger partial charge < -0.3 is 9.47 Å². The number of nitrogens with zero attached hydrogens (tertiary/aromatic N) is 1. The van der Waals surface area contributed by atoms with Crippen LogP contribution in [0.3, 0.4) is 0 Å². The minimum atomic E-state index is -0.368. The van der Waals surface area contributed by atoms with E-state index in [9.17, 15) is 9.59 Å². The number of imide groups is 1. The molecule has 0 spiro atoms. The van der Waals surface area contributed by atoms with E-state index in [-0.39, 0.29) is 11.1 Å². The van der Waals surface area contributed by atoms with Crippen molar-refractivity contribution in [2.75, 3.05) is 18.1 Å². The summed E-state index contributed by atoms with van der Waals surface area (Å²) in [6.07, 6.45) is 1.67. The number of thioether (sulfide) groups is 1. The van der Waals surface area contributed by atoms with Crippen LogP contribution < -0.4 is 14.4 Å². The first-order valence-electron chi connectivity index (χ1n) is 7.55. The molecule has 25 heavy (non-hydrogen) atoms. The molecule has 0 radical (unpaired) electrons. The second-order valence-corrected chi connectivity index (χ2v) is 6.83. The highest BCUT2D eigenvalue weighted by atomic mass is 35.5. The smallest absolute Gasteiger partial charge is 0.298 e. The molecule has 2 aliphatic rings. The van der Waals surface area contributed by atoms with Crippen molar-refractivity contribution in [3.63, 3.8) is 0 Å². The lowest BCUT2D eigenvalue weighted by molar-refractivity contribution is -0.113. The molecule has 2 aromatic rings. The standard InChI is InChI=1S/C18H12ClNO4S/c19-12-2-1-3-13(10-12)20-17(21)16(25-18(20)22)9-11-4-5-14-15(8-11)24-7-6-23-14/h1-5,8-10H,6-7H2/b16-9+. The van der Waals surface area contributed by atoms with Crippen LogP contribution in [0.25, 0.3) is 6.08 Å². The van der Waals surface area contributed by atoms with Gasteiger partial charge in [-0.1, -0.05) is 23.7 Å². The van der Waals surface area contributed by atoms with Gasteiger partial charge in [-0.3, -0.25) is 9.59 Å². The van der Waals surface area contributed by atoms with Crippen LogP contribution in [-0.4, -0.2) is 24.4 Å². The number of anilines is 1. The van der Waals surface area contributed by atoms with E-state index in [1.807, 2.05) is 6.07 Å². The molecule has 2 aliphatic heterocycles. The van der Waals surface area contributed by atoms with Gasteiger partial charge in [-0.15, -0.1) is 0 Å². The van der Waals surface area contributed by atoms with Gasteiger partial charge in [0, 0.05) is 5.02 Å². The van der Waals surface area contributed by atoms with E-state index in [1.54, 1.807) is 42.5 Å². The van der Waals surface area contributed by atoms with Gasteiger partial charge in [0.05, 0.1) is 10.6 Å². The second-order valence-electron chi connectivity index (χ2n) is 5.40. The molecular formula is C18H12ClNO4S. The van der Waals surface area contributed by atoms with Crippen molar-refractivity contribution >= 4 is 46.3 Å². The largest absolute Gasteiger partial charge is 0.486 e. The molecule has 7 heteroatoms. The van der Waals surface area contributed by atoms with Gasteiger partial charge in [-0.2, -0.15) is 0 Å². The number of benzene rings is 2. The van der Waals surface area contributed by atoms with E-state index >= 15 is 0 Å². The minimum Gasteiger partial charge on any atom is -0.486 e. The summed E-state index contributed by atoms with van der Waals surface area (Å²) in [5.41, 5.74) is 1.22. The third-order valence-electron chi connectivity index (χ3n) is 3.72. The Balaban J connectivity index is 1.64. The van der Waals surface area contributed by atoms with Crippen LogP contribution in [0.4, 0.5) is 10.5 Å². The van der Waals surface area contributed by atoms with Crippen molar-refractivity contribution in [1.82, 2.24) is 0 Å². The van der Waals surface area contributed by atoms with Gasteiger partial charge in [0.2, 0.25) is 0 Å². The zero-order chi connectivity index (χ0) is 17.4. The average molecular weight is 374 g/mol. The first-order valence-corrected chi connectivity index (χ1v) is 8.74. The fourth-order valence-corrected chi connectivity index (χ4v) is 3.63. The summed E-state index contributed by atoms with van der Waals surface area (Å²) >= 11 is 6.85. The number of rotatable bonds is 2. The fraction of sp³-hybridized carbons (Fsp3) is 0.111. The maximum Gasteiger partial charge on any atom is 0.298 e. The second kappa shape index (κ2) is 6.46. The predicted molar refractivity (Wildman–Crippen MR) is 97.3 cm³/mol. The van der Waals surface area contributed by atoms with Crippen molar-refractivity contribution in [2.45, 2.75) is 0 Å². The molecule has 1 saturated heterocycles. The van der Waals surface area contributed by atoms with E-state index in [4.69, 9.17) is 21.1 Å². The van der Waals surface area contributed by atoms with Crippen molar-refractivity contribution in [1.29, 1.82) is 0 Å². The molecule has 2 aromatic carbocycles. The lowest BCUT2D eigenvalue weighted by Crippen LogP contribution is -2.27. The SMILES string of the molecule is O=C1S/C(=C/c2ccc3c(c2)OCCO3)C(=O)N1c1cccc(Cl)c1. The van der Waals surface area contributed by atoms with E-state index < -0.39 is 0 Å². The van der Waals surface area contributed by atoms with Gasteiger partial charge in [-0.25, -0.2) is 4.90 Å². The molecule has 0 bridgehead atoms. The molecule has 0 unspecified atom stereocenters. The Morgan fingerprint density at radius 1 is 1.04 bits per heavy atom. The maximum absolute atomic E-state index is 12.6. The summed E-state index contributed by atoms with van der Waals surface area (Å²) in [6, 6.07) is 12.1. The van der Waals surface area contributed by atoms with Crippen molar-refractivity contribution in [3.8, 4) is 11.5 Å². The Bertz CT molecular complexity index is 912. The zero-order valence-electron chi connectivity index (χ0n) is 12.9. The molecule has 126 valence electrons. The Labute approximate surface area is 153 Å². The Hall–Kier alpha value is -2.44. The van der Waals surface area contributed by atoms with Crippen LogP contribution in [0, 0.1) is 0 Å². The minimum absolute atomic E-state index is 0.349. The summed E-state index contributed by atoms with van der Waals surface area (Å²) in [4.78, 5) is 26.4. The fourth-order valence-electron chi connectivity index (χ4n) is 2.61. The molecule has 0 N–H and O–H groups in total. The first-order chi connectivity index (χ1) is 12.1. The molecule has 0 aromatic heterocycles. The number of hydrogen-bond acceptors (Lipinski definition) is 5. The lowest BCUT2D eigenvalue weighted by atomic mass is 10.1. The van der Waals surface area contributed by atoms with Crippen LogP contribution in [0.15, 0.2) is 47.4 Å². The van der Waals surface area contributed by atoms with Crippen LogP contribution >= 0.6 is 23.4 Å². The zero-order valence-corrected chi connectivity index (χ0v) is 14.5. The molecule has 0 atom stereocenters. The van der Waals surface area contributed by atoms with Gasteiger partial charge in [0.25, 0.3) is 11.1 Å². The molecular weight excluding hydrogens is 362 g/mol. The van der Waals surface area contributed by atoms with Crippen LogP contribution in [0.2, 0.25) is 5.02 Å². The highest BCUT2D eigenvalue weighted by molar-refractivity contribution is 8.19. The summed E-state index contributed by atoms with van der Waals surface area (Å²) in [5, 5.41) is 0.114. The van der Waals surface area contributed by atoms with Crippen LogP contribution in [0.1, 0.15) is 5.56 Å². The number of carbonyl (C=O) groups excluding carboxylic acids is 2. The number of ether oxygens (including phenoxy) is 2. The average Bonchev–Trinajstić information content (AvgIpc) is 2.88. The Morgan fingerprint density at radius 2 is 1.84 bits per heavy atom.